The number of anilines is 1. The highest BCUT2D eigenvalue weighted by Crippen LogP contribution is 2.24. The molecule has 0 fully saturated rings. The first-order chi connectivity index (χ1) is 12.1. The van der Waals surface area contributed by atoms with E-state index in [0.717, 1.165) is 28.3 Å². The minimum atomic E-state index is -3.68. The van der Waals surface area contributed by atoms with Crippen molar-refractivity contribution >= 4 is 33.0 Å². The second-order valence-corrected chi connectivity index (χ2v) is 7.82. The van der Waals surface area contributed by atoms with E-state index in [-0.39, 0.29) is 22.2 Å². The number of aromatic carboxylic acids is 1. The van der Waals surface area contributed by atoms with E-state index in [9.17, 15) is 22.4 Å². The van der Waals surface area contributed by atoms with Gasteiger partial charge in [-0.2, -0.15) is 4.68 Å². The molecule has 0 aliphatic rings. The summed E-state index contributed by atoms with van der Waals surface area (Å²) in [5.74, 6) is -1.99. The van der Waals surface area contributed by atoms with Crippen LogP contribution in [0.5, 0.6) is 0 Å². The molecule has 0 aliphatic heterocycles. The van der Waals surface area contributed by atoms with Crippen LogP contribution in [0.1, 0.15) is 10.5 Å². The molecule has 3 rings (SSSR count). The predicted molar refractivity (Wildman–Crippen MR) is 92.9 cm³/mol. The fourth-order valence-electron chi connectivity index (χ4n) is 2.12. The van der Waals surface area contributed by atoms with E-state index in [0.29, 0.717) is 5.56 Å². The number of aromatic amines is 1. The second-order valence-electron chi connectivity index (χ2n) is 5.23. The van der Waals surface area contributed by atoms with Crippen LogP contribution in [0.3, 0.4) is 0 Å². The van der Waals surface area contributed by atoms with Gasteiger partial charge in [0.25, 0.3) is 5.56 Å². The van der Waals surface area contributed by atoms with E-state index in [1.165, 1.54) is 23.6 Å². The largest absolute Gasteiger partial charge is 0.476 e. The minimum absolute atomic E-state index is 0.121. The summed E-state index contributed by atoms with van der Waals surface area (Å²) in [6.07, 6.45) is 0.889. The summed E-state index contributed by atoms with van der Waals surface area (Å²) in [6.45, 7) is 0. The number of sulfonamides is 1. The lowest BCUT2D eigenvalue weighted by Crippen LogP contribution is -2.13. The number of thiazole rings is 1. The zero-order valence-corrected chi connectivity index (χ0v) is 14.7. The van der Waals surface area contributed by atoms with Crippen molar-refractivity contribution in [3.63, 3.8) is 0 Å². The third-order valence-corrected chi connectivity index (χ3v) is 4.61. The van der Waals surface area contributed by atoms with Gasteiger partial charge in [-0.05, 0) is 18.2 Å². The van der Waals surface area contributed by atoms with Crippen molar-refractivity contribution in [3.05, 3.63) is 51.5 Å². The molecule has 12 heteroatoms. The molecule has 1 aromatic carbocycles. The number of H-pyrrole nitrogens is 1. The molecule has 0 atom stereocenters. The van der Waals surface area contributed by atoms with Gasteiger partial charge >= 0.3 is 5.97 Å². The number of carboxylic acids is 1. The van der Waals surface area contributed by atoms with E-state index in [1.54, 1.807) is 0 Å². The maximum atomic E-state index is 13.8. The molecule has 0 unspecified atom stereocenters. The maximum Gasteiger partial charge on any atom is 0.355 e. The van der Waals surface area contributed by atoms with Crippen LogP contribution in [0.15, 0.2) is 34.4 Å². The molecule has 3 N–H and O–H groups in total. The minimum Gasteiger partial charge on any atom is -0.476 e. The van der Waals surface area contributed by atoms with E-state index < -0.39 is 27.4 Å². The molecule has 3 aromatic rings. The van der Waals surface area contributed by atoms with Gasteiger partial charge in [0.1, 0.15) is 5.82 Å². The molecule has 136 valence electrons. The van der Waals surface area contributed by atoms with Crippen molar-refractivity contribution in [1.82, 2.24) is 14.8 Å². The number of aromatic nitrogens is 3. The number of nitrogens with zero attached hydrogens (tertiary/aromatic N) is 2. The van der Waals surface area contributed by atoms with Crippen molar-refractivity contribution in [3.8, 4) is 16.4 Å². The monoisotopic (exact) mass is 398 g/mol. The zero-order valence-electron chi connectivity index (χ0n) is 13.1. The Morgan fingerprint density at radius 3 is 2.73 bits per heavy atom. The molecule has 2 heterocycles. The summed E-state index contributed by atoms with van der Waals surface area (Å²) in [7, 11) is -3.68. The van der Waals surface area contributed by atoms with Gasteiger partial charge in [-0.3, -0.25) is 14.6 Å². The molecule has 0 aliphatic carbocycles. The zero-order chi connectivity index (χ0) is 19.1. The van der Waals surface area contributed by atoms with Crippen LogP contribution in [-0.2, 0) is 10.0 Å². The number of carboxylic acid groups (broad SMARTS) is 1. The van der Waals surface area contributed by atoms with E-state index in [4.69, 9.17) is 5.11 Å². The summed E-state index contributed by atoms with van der Waals surface area (Å²) in [5.41, 5.74) is -0.342. The standard InChI is InChI=1S/C14H11FN4O5S2/c1-26(23,24)18-10-4-7(2-3-8(10)15)9-5-12(20)19(17-9)14-16-11(6-25-14)13(21)22/h2-6,17-18H,1H3,(H,21,22). The highest BCUT2D eigenvalue weighted by atomic mass is 32.2. The lowest BCUT2D eigenvalue weighted by Gasteiger charge is -2.07. The van der Waals surface area contributed by atoms with Crippen molar-refractivity contribution in [1.29, 1.82) is 0 Å². The van der Waals surface area contributed by atoms with Crippen LogP contribution in [-0.4, -0.2) is 40.5 Å². The lowest BCUT2D eigenvalue weighted by atomic mass is 10.1. The topological polar surface area (TPSA) is 134 Å². The number of rotatable bonds is 5. The Kier molecular flexibility index (Phi) is 4.38. The molecular weight excluding hydrogens is 387 g/mol. The number of benzene rings is 1. The normalized spacial score (nSPS) is 11.5. The first-order valence-electron chi connectivity index (χ1n) is 6.93. The van der Waals surface area contributed by atoms with Gasteiger partial charge < -0.3 is 5.11 Å². The number of hydrogen-bond donors (Lipinski definition) is 3. The van der Waals surface area contributed by atoms with Crippen LogP contribution in [0.25, 0.3) is 16.4 Å². The van der Waals surface area contributed by atoms with Crippen LogP contribution in [0, 0.1) is 5.82 Å². The number of carbonyl (C=O) groups is 1. The molecule has 9 nitrogen and oxygen atoms in total. The molecule has 2 aromatic heterocycles. The van der Waals surface area contributed by atoms with Gasteiger partial charge in [0.15, 0.2) is 5.69 Å². The number of hydrogen-bond acceptors (Lipinski definition) is 6. The average Bonchev–Trinajstić information content (AvgIpc) is 3.14. The fourth-order valence-corrected chi connectivity index (χ4v) is 3.44. The molecule has 26 heavy (non-hydrogen) atoms. The van der Waals surface area contributed by atoms with Crippen LogP contribution in [0.4, 0.5) is 10.1 Å². The van der Waals surface area contributed by atoms with Gasteiger partial charge in [-0.25, -0.2) is 22.6 Å². The summed E-state index contributed by atoms with van der Waals surface area (Å²) >= 11 is 0.955. The molecular formula is C14H11FN4O5S2. The van der Waals surface area contributed by atoms with E-state index in [2.05, 4.69) is 14.8 Å². The Labute approximate surface area is 149 Å². The fraction of sp³-hybridized carbons (Fsp3) is 0.0714. The molecule has 0 amide bonds. The average molecular weight is 398 g/mol. The summed E-state index contributed by atoms with van der Waals surface area (Å²) in [4.78, 5) is 26.9. The number of halogens is 1. The lowest BCUT2D eigenvalue weighted by molar-refractivity contribution is 0.0691. The van der Waals surface area contributed by atoms with Gasteiger partial charge in [-0.1, -0.05) is 0 Å². The van der Waals surface area contributed by atoms with Crippen molar-refractivity contribution in [2.24, 2.45) is 0 Å². The smallest absolute Gasteiger partial charge is 0.355 e. The number of nitrogens with one attached hydrogen (secondary N) is 2. The first kappa shape index (κ1) is 17.8. The van der Waals surface area contributed by atoms with E-state index >= 15 is 0 Å². The first-order valence-corrected chi connectivity index (χ1v) is 9.70. The van der Waals surface area contributed by atoms with Crippen molar-refractivity contribution in [2.75, 3.05) is 11.0 Å². The Hall–Kier alpha value is -2.99. The molecule has 0 radical (unpaired) electrons. The molecule has 0 saturated carbocycles. The van der Waals surface area contributed by atoms with Crippen LogP contribution >= 0.6 is 11.3 Å². The Bertz CT molecular complexity index is 1160. The van der Waals surface area contributed by atoms with Gasteiger partial charge in [0.05, 0.1) is 17.6 Å². The third kappa shape index (κ3) is 3.65. The van der Waals surface area contributed by atoms with Crippen molar-refractivity contribution < 1.29 is 22.7 Å². The molecule has 0 spiro atoms. The Morgan fingerprint density at radius 2 is 2.12 bits per heavy atom. The quantitative estimate of drug-likeness (QED) is 0.596. The highest BCUT2D eigenvalue weighted by molar-refractivity contribution is 7.92. The molecule has 0 saturated heterocycles. The summed E-state index contributed by atoms with van der Waals surface area (Å²) in [5, 5.41) is 13.0. The second kappa shape index (κ2) is 6.38. The van der Waals surface area contributed by atoms with Gasteiger partial charge in [0, 0.05) is 17.0 Å². The highest BCUT2D eigenvalue weighted by Gasteiger charge is 2.15. The van der Waals surface area contributed by atoms with Gasteiger partial charge in [-0.15, -0.1) is 11.3 Å². The third-order valence-electron chi connectivity index (χ3n) is 3.20. The SMILES string of the molecule is CS(=O)(=O)Nc1cc(-c2cc(=O)n(-c3nc(C(=O)O)cs3)[nH]2)ccc1F. The van der Waals surface area contributed by atoms with Crippen LogP contribution < -0.4 is 10.3 Å². The Morgan fingerprint density at radius 1 is 1.38 bits per heavy atom. The maximum absolute atomic E-state index is 13.8. The molecule has 0 bridgehead atoms. The van der Waals surface area contributed by atoms with Crippen molar-refractivity contribution in [2.45, 2.75) is 0 Å². The predicted octanol–water partition coefficient (Wildman–Crippen LogP) is 1.50. The summed E-state index contributed by atoms with van der Waals surface area (Å²) in [6, 6.07) is 4.86. The van der Waals surface area contributed by atoms with Crippen LogP contribution in [0.2, 0.25) is 0 Å². The Balaban J connectivity index is 2.02. The summed E-state index contributed by atoms with van der Waals surface area (Å²) < 4.78 is 39.5. The van der Waals surface area contributed by atoms with E-state index in [1.807, 2.05) is 0 Å². The van der Waals surface area contributed by atoms with Gasteiger partial charge in [0.2, 0.25) is 15.2 Å².